The van der Waals surface area contributed by atoms with Crippen LogP contribution in [0.25, 0.3) is 0 Å². The summed E-state index contributed by atoms with van der Waals surface area (Å²) < 4.78 is 5.91. The van der Waals surface area contributed by atoms with Gasteiger partial charge in [0, 0.05) is 24.3 Å². The van der Waals surface area contributed by atoms with E-state index in [1.165, 1.54) is 12.8 Å². The predicted octanol–water partition coefficient (Wildman–Crippen LogP) is 5.33. The quantitative estimate of drug-likeness (QED) is 0.480. The minimum absolute atomic E-state index is 0.0818. The number of para-hydroxylation sites is 2. The number of hydrogen-bond donors (Lipinski definition) is 2. The van der Waals surface area contributed by atoms with Crippen molar-refractivity contribution in [1.82, 2.24) is 4.90 Å². The predicted molar refractivity (Wildman–Crippen MR) is 135 cm³/mol. The maximum Gasteiger partial charge on any atom is 0.253 e. The Hall–Kier alpha value is -3.80. The van der Waals surface area contributed by atoms with Gasteiger partial charge in [-0.25, -0.2) is 0 Å². The Morgan fingerprint density at radius 3 is 2.21 bits per heavy atom. The van der Waals surface area contributed by atoms with Gasteiger partial charge in [-0.1, -0.05) is 55.3 Å². The number of nitrogens with one attached hydrogen (secondary N) is 2. The van der Waals surface area contributed by atoms with Crippen molar-refractivity contribution in [3.8, 4) is 5.75 Å². The lowest BCUT2D eigenvalue weighted by Gasteiger charge is -2.20. The second kappa shape index (κ2) is 11.9. The fraction of sp³-hybridized carbons (Fsp3) is 0.286. The van der Waals surface area contributed by atoms with Crippen LogP contribution in [0.4, 0.5) is 11.4 Å². The molecule has 0 bridgehead atoms. The molecule has 0 radical (unpaired) electrons. The lowest BCUT2D eigenvalue weighted by molar-refractivity contribution is -0.114. The summed E-state index contributed by atoms with van der Waals surface area (Å²) in [6.07, 6.45) is 4.53. The Morgan fingerprint density at radius 1 is 0.794 bits per heavy atom. The third-order valence-electron chi connectivity index (χ3n) is 5.88. The molecule has 1 aliphatic heterocycles. The van der Waals surface area contributed by atoms with Gasteiger partial charge in [0.15, 0.2) is 0 Å². The van der Waals surface area contributed by atoms with Gasteiger partial charge >= 0.3 is 0 Å². The van der Waals surface area contributed by atoms with Gasteiger partial charge in [0.05, 0.1) is 12.2 Å². The van der Waals surface area contributed by atoms with Gasteiger partial charge in [0.25, 0.3) is 5.91 Å². The van der Waals surface area contributed by atoms with Crippen LogP contribution in [0.5, 0.6) is 5.75 Å². The van der Waals surface area contributed by atoms with E-state index < -0.39 is 0 Å². The van der Waals surface area contributed by atoms with Gasteiger partial charge in [-0.2, -0.15) is 0 Å². The summed E-state index contributed by atoms with van der Waals surface area (Å²) in [5.74, 6) is 0.523. The molecular weight excluding hydrogens is 426 g/mol. The van der Waals surface area contributed by atoms with Crippen molar-refractivity contribution in [2.75, 3.05) is 30.3 Å². The van der Waals surface area contributed by atoms with Crippen molar-refractivity contribution in [2.24, 2.45) is 0 Å². The first-order valence-corrected chi connectivity index (χ1v) is 11.9. The molecular formula is C28H31N3O3. The molecule has 1 fully saturated rings. The fourth-order valence-electron chi connectivity index (χ4n) is 3.99. The summed E-state index contributed by atoms with van der Waals surface area (Å²) in [6, 6.07) is 24.6. The van der Waals surface area contributed by atoms with E-state index in [0.717, 1.165) is 37.2 Å². The van der Waals surface area contributed by atoms with Gasteiger partial charge in [0.1, 0.15) is 12.4 Å². The standard InChI is InChI=1S/C28H31N3O3/c32-27(30-25-12-6-7-13-26(25)34-21-22-10-4-3-5-11-22)20-29-24-16-14-23(15-17-24)28(33)31-18-8-1-2-9-19-31/h3-7,10-17,29H,1-2,8-9,18-21H2,(H,30,32). The first kappa shape index (κ1) is 23.4. The monoisotopic (exact) mass is 457 g/mol. The van der Waals surface area contributed by atoms with Crippen molar-refractivity contribution in [2.45, 2.75) is 32.3 Å². The minimum Gasteiger partial charge on any atom is -0.487 e. The molecule has 0 unspecified atom stereocenters. The van der Waals surface area contributed by atoms with Crippen LogP contribution in [0.1, 0.15) is 41.6 Å². The van der Waals surface area contributed by atoms with Gasteiger partial charge in [-0.15, -0.1) is 0 Å². The molecule has 2 amide bonds. The number of likely N-dealkylation sites (tertiary alicyclic amines) is 1. The first-order chi connectivity index (χ1) is 16.7. The van der Waals surface area contributed by atoms with Gasteiger partial charge in [-0.05, 0) is 54.8 Å². The van der Waals surface area contributed by atoms with Crippen LogP contribution in [0.2, 0.25) is 0 Å². The van der Waals surface area contributed by atoms with Crippen molar-refractivity contribution in [3.63, 3.8) is 0 Å². The number of carbonyl (C=O) groups excluding carboxylic acids is 2. The zero-order chi connectivity index (χ0) is 23.6. The molecule has 6 nitrogen and oxygen atoms in total. The number of carbonyl (C=O) groups is 2. The molecule has 34 heavy (non-hydrogen) atoms. The smallest absolute Gasteiger partial charge is 0.253 e. The van der Waals surface area contributed by atoms with Crippen molar-refractivity contribution >= 4 is 23.2 Å². The number of nitrogens with zero attached hydrogens (tertiary/aromatic N) is 1. The first-order valence-electron chi connectivity index (χ1n) is 11.9. The molecule has 0 aromatic heterocycles. The molecule has 0 saturated carbocycles. The molecule has 176 valence electrons. The zero-order valence-electron chi connectivity index (χ0n) is 19.3. The van der Waals surface area contributed by atoms with E-state index in [1.54, 1.807) is 0 Å². The van der Waals surface area contributed by atoms with Crippen LogP contribution in [0, 0.1) is 0 Å². The number of anilines is 2. The molecule has 1 saturated heterocycles. The Balaban J connectivity index is 1.28. The van der Waals surface area contributed by atoms with E-state index in [0.29, 0.717) is 23.6 Å². The fourth-order valence-corrected chi connectivity index (χ4v) is 3.99. The summed E-state index contributed by atoms with van der Waals surface area (Å²) in [7, 11) is 0. The number of rotatable bonds is 8. The Morgan fingerprint density at radius 2 is 1.47 bits per heavy atom. The Kier molecular flexibility index (Phi) is 8.17. The van der Waals surface area contributed by atoms with Gasteiger partial charge in [0.2, 0.25) is 5.91 Å². The molecule has 6 heteroatoms. The van der Waals surface area contributed by atoms with E-state index >= 15 is 0 Å². The Labute approximate surface area is 200 Å². The molecule has 0 aliphatic carbocycles. The number of hydrogen-bond acceptors (Lipinski definition) is 4. The summed E-state index contributed by atoms with van der Waals surface area (Å²) in [6.45, 7) is 2.19. The molecule has 0 spiro atoms. The number of ether oxygens (including phenoxy) is 1. The molecule has 1 heterocycles. The maximum atomic E-state index is 12.7. The van der Waals surface area contributed by atoms with Crippen LogP contribution in [-0.4, -0.2) is 36.3 Å². The largest absolute Gasteiger partial charge is 0.487 e. The van der Waals surface area contributed by atoms with E-state index in [1.807, 2.05) is 83.8 Å². The minimum atomic E-state index is -0.180. The molecule has 0 atom stereocenters. The van der Waals surface area contributed by atoms with E-state index in [9.17, 15) is 9.59 Å². The zero-order valence-corrected chi connectivity index (χ0v) is 19.3. The number of benzene rings is 3. The van der Waals surface area contributed by atoms with E-state index in [-0.39, 0.29) is 18.4 Å². The van der Waals surface area contributed by atoms with Crippen LogP contribution >= 0.6 is 0 Å². The van der Waals surface area contributed by atoms with Gasteiger partial charge in [-0.3, -0.25) is 9.59 Å². The van der Waals surface area contributed by atoms with E-state index in [4.69, 9.17) is 4.74 Å². The van der Waals surface area contributed by atoms with Gasteiger partial charge < -0.3 is 20.3 Å². The normalized spacial score (nSPS) is 13.6. The summed E-state index contributed by atoms with van der Waals surface area (Å²) in [4.78, 5) is 27.2. The summed E-state index contributed by atoms with van der Waals surface area (Å²) in [5.41, 5.74) is 3.16. The van der Waals surface area contributed by atoms with E-state index in [2.05, 4.69) is 10.6 Å². The third kappa shape index (κ3) is 6.61. The highest BCUT2D eigenvalue weighted by Crippen LogP contribution is 2.25. The van der Waals surface area contributed by atoms with Crippen LogP contribution in [0.3, 0.4) is 0 Å². The highest BCUT2D eigenvalue weighted by Gasteiger charge is 2.17. The maximum absolute atomic E-state index is 12.7. The summed E-state index contributed by atoms with van der Waals surface area (Å²) in [5, 5.41) is 6.03. The molecule has 2 N–H and O–H groups in total. The molecule has 4 rings (SSSR count). The SMILES string of the molecule is O=C(CNc1ccc(C(=O)N2CCCCCC2)cc1)Nc1ccccc1OCc1ccccc1. The van der Waals surface area contributed by atoms with Crippen LogP contribution in [-0.2, 0) is 11.4 Å². The lowest BCUT2D eigenvalue weighted by atomic mass is 10.1. The third-order valence-corrected chi connectivity index (χ3v) is 5.88. The average molecular weight is 458 g/mol. The second-order valence-corrected chi connectivity index (χ2v) is 8.46. The Bertz CT molecular complexity index is 1080. The highest BCUT2D eigenvalue weighted by atomic mass is 16.5. The van der Waals surface area contributed by atoms with Crippen molar-refractivity contribution in [1.29, 1.82) is 0 Å². The lowest BCUT2D eigenvalue weighted by Crippen LogP contribution is -2.31. The van der Waals surface area contributed by atoms with Crippen LogP contribution in [0.15, 0.2) is 78.9 Å². The average Bonchev–Trinajstić information content (AvgIpc) is 3.17. The number of amides is 2. The van der Waals surface area contributed by atoms with Crippen LogP contribution < -0.4 is 15.4 Å². The molecule has 3 aromatic carbocycles. The topological polar surface area (TPSA) is 70.7 Å². The molecule has 3 aromatic rings. The summed E-state index contributed by atoms with van der Waals surface area (Å²) >= 11 is 0. The highest BCUT2D eigenvalue weighted by molar-refractivity contribution is 5.96. The van der Waals surface area contributed by atoms with Crippen molar-refractivity contribution in [3.05, 3.63) is 90.0 Å². The second-order valence-electron chi connectivity index (χ2n) is 8.46. The van der Waals surface area contributed by atoms with Crippen molar-refractivity contribution < 1.29 is 14.3 Å². The molecule has 1 aliphatic rings.